The molecule has 0 saturated heterocycles. The van der Waals surface area contributed by atoms with Crippen LogP contribution >= 0.6 is 0 Å². The molecule has 0 aliphatic heterocycles. The second-order valence-corrected chi connectivity index (χ2v) is 5.76. The van der Waals surface area contributed by atoms with Crippen LogP contribution in [0.3, 0.4) is 0 Å². The molecule has 3 rings (SSSR count). The van der Waals surface area contributed by atoms with Crippen LogP contribution in [0, 0.1) is 5.41 Å². The van der Waals surface area contributed by atoms with Crippen molar-refractivity contribution >= 4 is 17.1 Å². The van der Waals surface area contributed by atoms with Crippen LogP contribution in [-0.4, -0.2) is 25.6 Å². The first-order valence-corrected chi connectivity index (χ1v) is 7.12. The van der Waals surface area contributed by atoms with E-state index in [1.807, 2.05) is 23.7 Å². The van der Waals surface area contributed by atoms with Gasteiger partial charge in [-0.05, 0) is 25.0 Å². The number of aliphatic carboxylic acids is 1. The van der Waals surface area contributed by atoms with Gasteiger partial charge in [0.25, 0.3) is 0 Å². The van der Waals surface area contributed by atoms with Crippen LogP contribution in [-0.2, 0) is 18.3 Å². The van der Waals surface area contributed by atoms with Crippen LogP contribution in [0.15, 0.2) is 18.3 Å². The van der Waals surface area contributed by atoms with E-state index >= 15 is 0 Å². The monoisotopic (exact) mass is 273 g/mol. The fourth-order valence-corrected chi connectivity index (χ4v) is 3.23. The Labute approximate surface area is 117 Å². The summed E-state index contributed by atoms with van der Waals surface area (Å²) in [6.45, 7) is 0. The zero-order chi connectivity index (χ0) is 14.2. The number of imidazole rings is 1. The Morgan fingerprint density at radius 2 is 2.15 bits per heavy atom. The van der Waals surface area contributed by atoms with E-state index in [0.717, 1.165) is 49.1 Å². The van der Waals surface area contributed by atoms with Gasteiger partial charge >= 0.3 is 5.97 Å². The summed E-state index contributed by atoms with van der Waals surface area (Å²) in [5.74, 6) is 0.139. The molecule has 106 valence electrons. The van der Waals surface area contributed by atoms with Crippen molar-refractivity contribution in [1.82, 2.24) is 14.5 Å². The Kier molecular flexibility index (Phi) is 3.20. The molecule has 0 bridgehead atoms. The van der Waals surface area contributed by atoms with E-state index in [9.17, 15) is 9.90 Å². The first kappa shape index (κ1) is 13.1. The van der Waals surface area contributed by atoms with Gasteiger partial charge in [-0.2, -0.15) is 0 Å². The standard InChI is InChI=1S/C15H19N3O2/c1-18-12(17-11-6-5-9-16-13(11)18)10-15(14(19)20)7-3-2-4-8-15/h5-6,9H,2-4,7-8,10H2,1H3,(H,19,20). The Bertz CT molecular complexity index is 642. The van der Waals surface area contributed by atoms with Crippen LogP contribution in [0.5, 0.6) is 0 Å². The SMILES string of the molecule is Cn1c(CC2(C(=O)O)CCCCC2)nc2cccnc21. The Balaban J connectivity index is 1.98. The van der Waals surface area contributed by atoms with Gasteiger partial charge in [0, 0.05) is 19.7 Å². The Hall–Kier alpha value is -1.91. The van der Waals surface area contributed by atoms with Crippen molar-refractivity contribution in [3.05, 3.63) is 24.2 Å². The fraction of sp³-hybridized carbons (Fsp3) is 0.533. The molecule has 5 nitrogen and oxygen atoms in total. The predicted octanol–water partition coefficient (Wildman–Crippen LogP) is 2.55. The third kappa shape index (κ3) is 2.07. The minimum Gasteiger partial charge on any atom is -0.481 e. The van der Waals surface area contributed by atoms with Gasteiger partial charge < -0.3 is 9.67 Å². The van der Waals surface area contributed by atoms with Gasteiger partial charge in [-0.1, -0.05) is 19.3 Å². The van der Waals surface area contributed by atoms with E-state index < -0.39 is 11.4 Å². The summed E-state index contributed by atoms with van der Waals surface area (Å²) in [4.78, 5) is 20.6. The molecule has 1 aliphatic carbocycles. The van der Waals surface area contributed by atoms with Crippen molar-refractivity contribution in [1.29, 1.82) is 0 Å². The van der Waals surface area contributed by atoms with Gasteiger partial charge in [0.1, 0.15) is 11.3 Å². The van der Waals surface area contributed by atoms with Gasteiger partial charge in [0.15, 0.2) is 5.65 Å². The maximum Gasteiger partial charge on any atom is 0.310 e. The van der Waals surface area contributed by atoms with Crippen molar-refractivity contribution in [2.45, 2.75) is 38.5 Å². The number of rotatable bonds is 3. The number of carbonyl (C=O) groups is 1. The number of carboxylic acids is 1. The van der Waals surface area contributed by atoms with Crippen molar-refractivity contribution in [3.8, 4) is 0 Å². The summed E-state index contributed by atoms with van der Waals surface area (Å²) in [6, 6.07) is 3.77. The summed E-state index contributed by atoms with van der Waals surface area (Å²) < 4.78 is 1.93. The number of fused-ring (bicyclic) bond motifs is 1. The van der Waals surface area contributed by atoms with Crippen molar-refractivity contribution in [2.24, 2.45) is 12.5 Å². The highest BCUT2D eigenvalue weighted by Gasteiger charge is 2.40. The molecule has 1 N–H and O–H groups in total. The molecule has 2 aromatic heterocycles. The molecule has 1 fully saturated rings. The number of carboxylic acid groups (broad SMARTS) is 1. The number of aryl methyl sites for hydroxylation is 1. The van der Waals surface area contributed by atoms with Crippen molar-refractivity contribution < 1.29 is 9.90 Å². The highest BCUT2D eigenvalue weighted by Crippen LogP contribution is 2.39. The molecule has 2 heterocycles. The lowest BCUT2D eigenvalue weighted by molar-refractivity contribution is -0.151. The molecule has 2 aromatic rings. The van der Waals surface area contributed by atoms with E-state index in [-0.39, 0.29) is 0 Å². The van der Waals surface area contributed by atoms with Gasteiger partial charge in [-0.3, -0.25) is 4.79 Å². The molecule has 0 unspecified atom stereocenters. The molecule has 20 heavy (non-hydrogen) atoms. The maximum absolute atomic E-state index is 11.8. The summed E-state index contributed by atoms with van der Waals surface area (Å²) in [7, 11) is 1.91. The molecule has 5 heteroatoms. The first-order valence-electron chi connectivity index (χ1n) is 7.12. The van der Waals surface area contributed by atoms with Crippen LogP contribution in [0.25, 0.3) is 11.2 Å². The molecular formula is C15H19N3O2. The average molecular weight is 273 g/mol. The normalized spacial score (nSPS) is 18.2. The minimum absolute atomic E-state index is 0.495. The highest BCUT2D eigenvalue weighted by molar-refractivity contribution is 5.76. The van der Waals surface area contributed by atoms with Gasteiger partial charge in [0.05, 0.1) is 5.41 Å². The predicted molar refractivity (Wildman–Crippen MR) is 75.4 cm³/mol. The summed E-state index contributed by atoms with van der Waals surface area (Å²) in [5, 5.41) is 9.66. The van der Waals surface area contributed by atoms with Crippen LogP contribution in [0.4, 0.5) is 0 Å². The third-order valence-electron chi connectivity index (χ3n) is 4.48. The first-order chi connectivity index (χ1) is 9.62. The summed E-state index contributed by atoms with van der Waals surface area (Å²) in [6.07, 6.45) is 6.86. The average Bonchev–Trinajstić information content (AvgIpc) is 2.77. The van der Waals surface area contributed by atoms with Crippen molar-refractivity contribution in [2.75, 3.05) is 0 Å². The zero-order valence-electron chi connectivity index (χ0n) is 11.7. The van der Waals surface area contributed by atoms with Gasteiger partial charge in [-0.25, -0.2) is 9.97 Å². The number of aromatic nitrogens is 3. The van der Waals surface area contributed by atoms with E-state index in [0.29, 0.717) is 6.42 Å². The van der Waals surface area contributed by atoms with Crippen LogP contribution in [0.1, 0.15) is 37.9 Å². The fourth-order valence-electron chi connectivity index (χ4n) is 3.23. The van der Waals surface area contributed by atoms with Gasteiger partial charge in [0.2, 0.25) is 0 Å². The van der Waals surface area contributed by atoms with E-state index in [4.69, 9.17) is 0 Å². The molecule has 0 aromatic carbocycles. The van der Waals surface area contributed by atoms with E-state index in [2.05, 4.69) is 9.97 Å². The topological polar surface area (TPSA) is 68.0 Å². The zero-order valence-corrected chi connectivity index (χ0v) is 11.7. The lowest BCUT2D eigenvalue weighted by Crippen LogP contribution is -2.36. The number of pyridine rings is 1. The van der Waals surface area contributed by atoms with Crippen LogP contribution in [0.2, 0.25) is 0 Å². The smallest absolute Gasteiger partial charge is 0.310 e. The molecule has 1 aliphatic rings. The molecule has 0 radical (unpaired) electrons. The molecular weight excluding hydrogens is 254 g/mol. The molecule has 1 saturated carbocycles. The van der Waals surface area contributed by atoms with Crippen LogP contribution < -0.4 is 0 Å². The summed E-state index contributed by atoms with van der Waals surface area (Å²) >= 11 is 0. The second-order valence-electron chi connectivity index (χ2n) is 5.76. The summed E-state index contributed by atoms with van der Waals surface area (Å²) in [5.41, 5.74) is 1.01. The molecule has 0 amide bonds. The minimum atomic E-state index is -0.683. The number of hydrogen-bond donors (Lipinski definition) is 1. The largest absolute Gasteiger partial charge is 0.481 e. The number of hydrogen-bond acceptors (Lipinski definition) is 3. The Morgan fingerprint density at radius 3 is 2.80 bits per heavy atom. The molecule has 0 atom stereocenters. The molecule has 0 spiro atoms. The second kappa shape index (κ2) is 4.89. The third-order valence-corrected chi connectivity index (χ3v) is 4.48. The number of nitrogens with zero attached hydrogens (tertiary/aromatic N) is 3. The Morgan fingerprint density at radius 1 is 1.40 bits per heavy atom. The quantitative estimate of drug-likeness (QED) is 0.933. The maximum atomic E-state index is 11.8. The lowest BCUT2D eigenvalue weighted by atomic mass is 9.71. The van der Waals surface area contributed by atoms with Crippen molar-refractivity contribution in [3.63, 3.8) is 0 Å². The van der Waals surface area contributed by atoms with E-state index in [1.54, 1.807) is 6.20 Å². The van der Waals surface area contributed by atoms with Gasteiger partial charge in [-0.15, -0.1) is 0 Å². The lowest BCUT2D eigenvalue weighted by Gasteiger charge is -2.32. The van der Waals surface area contributed by atoms with E-state index in [1.165, 1.54) is 0 Å². The highest BCUT2D eigenvalue weighted by atomic mass is 16.4.